The minimum absolute atomic E-state index is 0.0175. The highest BCUT2D eigenvalue weighted by Gasteiger charge is 2.15. The molecule has 0 atom stereocenters. The Kier molecular flexibility index (Phi) is 4.63. The molecule has 2 aromatic heterocycles. The van der Waals surface area contributed by atoms with Crippen LogP contribution in [-0.4, -0.2) is 24.0 Å². The first-order valence-corrected chi connectivity index (χ1v) is 9.92. The van der Waals surface area contributed by atoms with E-state index in [1.54, 1.807) is 23.0 Å². The van der Waals surface area contributed by atoms with Crippen molar-refractivity contribution in [1.82, 2.24) is 19.1 Å². The van der Waals surface area contributed by atoms with Crippen LogP contribution in [-0.2, 0) is 13.1 Å². The summed E-state index contributed by atoms with van der Waals surface area (Å²) in [5.74, 6) is 0.0387. The smallest absolute Gasteiger partial charge is 0.281 e. The van der Waals surface area contributed by atoms with E-state index in [0.717, 1.165) is 16.3 Å². The van der Waals surface area contributed by atoms with Crippen LogP contribution >= 0.6 is 0 Å². The van der Waals surface area contributed by atoms with E-state index in [0.29, 0.717) is 17.6 Å². The average molecular weight is 426 g/mol. The fraction of sp³-hybridized carbons (Fsp3) is 0.0870. The Labute approximate surface area is 181 Å². The topological polar surface area (TPSA) is 122 Å². The number of nitrogens with two attached hydrogens (primary N) is 1. The minimum atomic E-state index is -0.469. The van der Waals surface area contributed by atoms with Crippen LogP contribution in [0.1, 0.15) is 11.1 Å². The molecule has 32 heavy (non-hydrogen) atoms. The normalized spacial score (nSPS) is 11.2. The SMILES string of the molecule is Nc1nc2ncn(Cc3ccc4ccccc4c3)c2c(=O)n1Cc1ccc([N+](=O)[O-])cc1. The molecule has 5 aromatic rings. The van der Waals surface area contributed by atoms with Gasteiger partial charge in [-0.15, -0.1) is 0 Å². The monoisotopic (exact) mass is 426 g/mol. The largest absolute Gasteiger partial charge is 0.369 e. The van der Waals surface area contributed by atoms with Crippen molar-refractivity contribution >= 4 is 33.6 Å². The highest BCUT2D eigenvalue weighted by molar-refractivity contribution is 5.83. The maximum atomic E-state index is 13.3. The number of hydrogen-bond donors (Lipinski definition) is 1. The van der Waals surface area contributed by atoms with Crippen molar-refractivity contribution in [3.8, 4) is 0 Å². The van der Waals surface area contributed by atoms with Crippen molar-refractivity contribution in [2.75, 3.05) is 5.73 Å². The lowest BCUT2D eigenvalue weighted by molar-refractivity contribution is -0.384. The average Bonchev–Trinajstić information content (AvgIpc) is 3.19. The quantitative estimate of drug-likeness (QED) is 0.340. The zero-order chi connectivity index (χ0) is 22.2. The van der Waals surface area contributed by atoms with Crippen molar-refractivity contribution in [3.63, 3.8) is 0 Å². The molecule has 3 aromatic carbocycles. The molecule has 0 aliphatic carbocycles. The molecule has 0 radical (unpaired) electrons. The number of anilines is 1. The molecule has 9 nitrogen and oxygen atoms in total. The Bertz CT molecular complexity index is 1540. The van der Waals surface area contributed by atoms with Gasteiger partial charge < -0.3 is 10.3 Å². The van der Waals surface area contributed by atoms with Gasteiger partial charge in [-0.3, -0.25) is 19.5 Å². The predicted molar refractivity (Wildman–Crippen MR) is 121 cm³/mol. The standard InChI is InChI=1S/C23H18N6O3/c24-23-26-21-20(22(30)28(23)13-15-6-9-19(10-7-15)29(31)32)27(14-25-21)12-16-5-8-17-3-1-2-4-18(17)11-16/h1-11,14H,12-13H2,(H2,24,26). The second-order valence-electron chi connectivity index (χ2n) is 7.51. The van der Waals surface area contributed by atoms with E-state index in [-0.39, 0.29) is 29.4 Å². The van der Waals surface area contributed by atoms with Gasteiger partial charge in [-0.05, 0) is 28.0 Å². The number of fused-ring (bicyclic) bond motifs is 2. The second kappa shape index (κ2) is 7.62. The fourth-order valence-corrected chi connectivity index (χ4v) is 3.78. The molecule has 0 spiro atoms. The predicted octanol–water partition coefficient (Wildman–Crippen LogP) is 3.33. The van der Waals surface area contributed by atoms with Crippen LogP contribution < -0.4 is 11.3 Å². The summed E-state index contributed by atoms with van der Waals surface area (Å²) in [7, 11) is 0. The summed E-state index contributed by atoms with van der Waals surface area (Å²) in [6.07, 6.45) is 1.59. The molecule has 0 bridgehead atoms. The molecule has 0 saturated carbocycles. The van der Waals surface area contributed by atoms with E-state index in [9.17, 15) is 14.9 Å². The van der Waals surface area contributed by atoms with Gasteiger partial charge in [0.15, 0.2) is 11.2 Å². The molecule has 0 aliphatic rings. The Morgan fingerprint density at radius 1 is 0.938 bits per heavy atom. The number of benzene rings is 3. The third-order valence-electron chi connectivity index (χ3n) is 5.42. The number of hydrogen-bond acceptors (Lipinski definition) is 6. The number of aromatic nitrogens is 4. The van der Waals surface area contributed by atoms with Crippen molar-refractivity contribution < 1.29 is 4.92 Å². The van der Waals surface area contributed by atoms with Gasteiger partial charge in [0.25, 0.3) is 11.2 Å². The third-order valence-corrected chi connectivity index (χ3v) is 5.42. The number of imidazole rings is 1. The van der Waals surface area contributed by atoms with Crippen LogP contribution in [0, 0.1) is 10.1 Å². The lowest BCUT2D eigenvalue weighted by Gasteiger charge is -2.11. The molecule has 2 heterocycles. The summed E-state index contributed by atoms with van der Waals surface area (Å²) in [6.45, 7) is 0.604. The zero-order valence-electron chi connectivity index (χ0n) is 16.9. The van der Waals surface area contributed by atoms with E-state index in [4.69, 9.17) is 5.73 Å². The van der Waals surface area contributed by atoms with Gasteiger partial charge in [0, 0.05) is 18.7 Å². The molecule has 0 fully saturated rings. The van der Waals surface area contributed by atoms with Crippen LogP contribution in [0.25, 0.3) is 21.9 Å². The molecule has 0 saturated heterocycles. The van der Waals surface area contributed by atoms with Crippen molar-refractivity contribution in [2.24, 2.45) is 0 Å². The molecule has 0 aliphatic heterocycles. The van der Waals surface area contributed by atoms with Gasteiger partial charge in [0.1, 0.15) is 0 Å². The zero-order valence-corrected chi connectivity index (χ0v) is 16.9. The Morgan fingerprint density at radius 2 is 1.66 bits per heavy atom. The first-order valence-electron chi connectivity index (χ1n) is 9.92. The first kappa shape index (κ1) is 19.4. The number of nitrogen functional groups attached to an aromatic ring is 1. The molecular formula is C23H18N6O3. The van der Waals surface area contributed by atoms with Crippen LogP contribution in [0.5, 0.6) is 0 Å². The summed E-state index contributed by atoms with van der Waals surface area (Å²) in [5.41, 5.74) is 8.07. The van der Waals surface area contributed by atoms with Crippen molar-refractivity contribution in [3.05, 3.63) is 105 Å². The number of non-ortho nitro benzene ring substituents is 1. The molecule has 158 valence electrons. The molecule has 0 amide bonds. The molecule has 2 N–H and O–H groups in total. The molecule has 9 heteroatoms. The molecule has 0 unspecified atom stereocenters. The number of nitro benzene ring substituents is 1. The van der Waals surface area contributed by atoms with Gasteiger partial charge in [0.05, 0.1) is 17.8 Å². The van der Waals surface area contributed by atoms with Crippen LogP contribution in [0.2, 0.25) is 0 Å². The van der Waals surface area contributed by atoms with Gasteiger partial charge in [-0.25, -0.2) is 4.98 Å². The second-order valence-corrected chi connectivity index (χ2v) is 7.51. The van der Waals surface area contributed by atoms with E-state index >= 15 is 0 Å². The van der Waals surface area contributed by atoms with Crippen molar-refractivity contribution in [1.29, 1.82) is 0 Å². The summed E-state index contributed by atoms with van der Waals surface area (Å²) >= 11 is 0. The van der Waals surface area contributed by atoms with Gasteiger partial charge in [-0.2, -0.15) is 4.98 Å². The summed E-state index contributed by atoms with van der Waals surface area (Å²) in [6, 6.07) is 20.2. The summed E-state index contributed by atoms with van der Waals surface area (Å²) in [4.78, 5) is 32.2. The highest BCUT2D eigenvalue weighted by Crippen LogP contribution is 2.18. The van der Waals surface area contributed by atoms with Crippen molar-refractivity contribution in [2.45, 2.75) is 13.1 Å². The third kappa shape index (κ3) is 3.45. The Hall–Kier alpha value is -4.53. The Balaban J connectivity index is 1.52. The fourth-order valence-electron chi connectivity index (χ4n) is 3.78. The molecule has 5 rings (SSSR count). The molecular weight excluding hydrogens is 408 g/mol. The minimum Gasteiger partial charge on any atom is -0.369 e. The summed E-state index contributed by atoms with van der Waals surface area (Å²) in [5, 5.41) is 13.1. The van der Waals surface area contributed by atoms with Crippen LogP contribution in [0.15, 0.2) is 77.9 Å². The highest BCUT2D eigenvalue weighted by atomic mass is 16.6. The van der Waals surface area contributed by atoms with Crippen LogP contribution in [0.3, 0.4) is 0 Å². The number of rotatable bonds is 5. The van der Waals surface area contributed by atoms with E-state index in [1.165, 1.54) is 16.7 Å². The number of nitrogens with zero attached hydrogens (tertiary/aromatic N) is 5. The van der Waals surface area contributed by atoms with Gasteiger partial charge in [0.2, 0.25) is 5.95 Å². The number of nitro groups is 1. The Morgan fingerprint density at radius 3 is 2.41 bits per heavy atom. The van der Waals surface area contributed by atoms with Gasteiger partial charge in [-0.1, -0.05) is 48.5 Å². The maximum Gasteiger partial charge on any atom is 0.281 e. The lowest BCUT2D eigenvalue weighted by Crippen LogP contribution is -2.26. The van der Waals surface area contributed by atoms with E-state index in [1.807, 2.05) is 30.3 Å². The van der Waals surface area contributed by atoms with E-state index in [2.05, 4.69) is 22.1 Å². The maximum absolute atomic E-state index is 13.3. The lowest BCUT2D eigenvalue weighted by atomic mass is 10.1. The van der Waals surface area contributed by atoms with E-state index < -0.39 is 4.92 Å². The van der Waals surface area contributed by atoms with Crippen LogP contribution in [0.4, 0.5) is 11.6 Å². The van der Waals surface area contributed by atoms with Gasteiger partial charge >= 0.3 is 0 Å². The first-order chi connectivity index (χ1) is 15.5. The summed E-state index contributed by atoms with van der Waals surface area (Å²) < 4.78 is 3.11.